The number of ether oxygens (including phenoxy) is 1. The maximum Gasteiger partial charge on any atom is 0.251 e. The summed E-state index contributed by atoms with van der Waals surface area (Å²) in [7, 11) is 1.54. The molecule has 0 aromatic heterocycles. The summed E-state index contributed by atoms with van der Waals surface area (Å²) in [5, 5.41) is 12.5. The van der Waals surface area contributed by atoms with Crippen molar-refractivity contribution in [2.24, 2.45) is 0 Å². The molecule has 2 N–H and O–H groups in total. The molecule has 0 spiro atoms. The Bertz CT molecular complexity index is 914. The predicted molar refractivity (Wildman–Crippen MR) is 107 cm³/mol. The van der Waals surface area contributed by atoms with Gasteiger partial charge in [0.25, 0.3) is 5.91 Å². The van der Waals surface area contributed by atoms with Crippen LogP contribution in [-0.2, 0) is 20.7 Å². The van der Waals surface area contributed by atoms with Crippen LogP contribution < -0.4 is 5.32 Å². The van der Waals surface area contributed by atoms with E-state index in [1.165, 1.54) is 11.0 Å². The van der Waals surface area contributed by atoms with Crippen LogP contribution in [0.3, 0.4) is 0 Å². The first kappa shape index (κ1) is 20.5. The Kier molecular flexibility index (Phi) is 5.98. The highest BCUT2D eigenvalue weighted by Crippen LogP contribution is 2.23. The molecule has 2 aromatic carbocycles. The SMILES string of the molecule is CN(C(=O)C(Cc1cccc(O)c1)NC(=O)c1ccccc1)C1(C)COCC1=O. The number of hydrogen-bond acceptors (Lipinski definition) is 5. The number of amides is 2. The Balaban J connectivity index is 1.86. The molecule has 1 aliphatic heterocycles. The fourth-order valence-electron chi connectivity index (χ4n) is 3.29. The smallest absolute Gasteiger partial charge is 0.251 e. The van der Waals surface area contributed by atoms with Crippen molar-refractivity contribution in [2.75, 3.05) is 20.3 Å². The van der Waals surface area contributed by atoms with Gasteiger partial charge >= 0.3 is 0 Å². The molecule has 2 atom stereocenters. The number of nitrogens with one attached hydrogen (secondary N) is 1. The van der Waals surface area contributed by atoms with Gasteiger partial charge in [0.05, 0.1) is 6.61 Å². The maximum absolute atomic E-state index is 13.3. The van der Waals surface area contributed by atoms with Crippen molar-refractivity contribution in [3.63, 3.8) is 0 Å². The van der Waals surface area contributed by atoms with Gasteiger partial charge in [-0.1, -0.05) is 30.3 Å². The normalized spacial score (nSPS) is 19.6. The second-order valence-corrected chi connectivity index (χ2v) is 7.35. The van der Waals surface area contributed by atoms with Gasteiger partial charge in [0, 0.05) is 19.0 Å². The third-order valence-corrected chi connectivity index (χ3v) is 5.28. The van der Waals surface area contributed by atoms with Gasteiger partial charge in [-0.15, -0.1) is 0 Å². The van der Waals surface area contributed by atoms with Crippen molar-refractivity contribution in [1.82, 2.24) is 10.2 Å². The highest BCUT2D eigenvalue weighted by molar-refractivity contribution is 6.00. The average Bonchev–Trinajstić information content (AvgIpc) is 3.06. The summed E-state index contributed by atoms with van der Waals surface area (Å²) in [5.74, 6) is -0.905. The van der Waals surface area contributed by atoms with Crippen molar-refractivity contribution in [3.8, 4) is 5.75 Å². The molecule has 1 aliphatic rings. The number of likely N-dealkylation sites (N-methyl/N-ethyl adjacent to an activating group) is 1. The Hall–Kier alpha value is -3.19. The van der Waals surface area contributed by atoms with Crippen LogP contribution in [0.1, 0.15) is 22.8 Å². The van der Waals surface area contributed by atoms with E-state index in [4.69, 9.17) is 4.74 Å². The summed E-state index contributed by atoms with van der Waals surface area (Å²) >= 11 is 0. The van der Waals surface area contributed by atoms with E-state index in [0.717, 1.165) is 0 Å². The van der Waals surface area contributed by atoms with Crippen LogP contribution in [0, 0.1) is 0 Å². The third kappa shape index (κ3) is 4.46. The zero-order valence-electron chi connectivity index (χ0n) is 16.4. The molecule has 2 unspecified atom stereocenters. The number of carbonyl (C=O) groups is 3. The molecule has 1 fully saturated rings. The first-order chi connectivity index (χ1) is 13.8. The van der Waals surface area contributed by atoms with Crippen LogP contribution in [0.25, 0.3) is 0 Å². The van der Waals surface area contributed by atoms with Crippen molar-refractivity contribution in [3.05, 3.63) is 65.7 Å². The molecule has 3 rings (SSSR count). The molecule has 152 valence electrons. The molecule has 2 aromatic rings. The van der Waals surface area contributed by atoms with Gasteiger partial charge in [0.2, 0.25) is 5.91 Å². The van der Waals surface area contributed by atoms with E-state index in [0.29, 0.717) is 11.1 Å². The first-order valence-corrected chi connectivity index (χ1v) is 9.34. The van der Waals surface area contributed by atoms with Gasteiger partial charge in [-0.3, -0.25) is 14.4 Å². The fourth-order valence-corrected chi connectivity index (χ4v) is 3.29. The number of ketones is 1. The topological polar surface area (TPSA) is 95.9 Å². The maximum atomic E-state index is 13.3. The Morgan fingerprint density at radius 1 is 1.21 bits per heavy atom. The summed E-state index contributed by atoms with van der Waals surface area (Å²) < 4.78 is 5.24. The van der Waals surface area contributed by atoms with Crippen molar-refractivity contribution < 1.29 is 24.2 Å². The van der Waals surface area contributed by atoms with Crippen molar-refractivity contribution in [1.29, 1.82) is 0 Å². The van der Waals surface area contributed by atoms with Crippen LogP contribution in [0.4, 0.5) is 0 Å². The largest absolute Gasteiger partial charge is 0.508 e. The van der Waals surface area contributed by atoms with E-state index >= 15 is 0 Å². The van der Waals surface area contributed by atoms with Gasteiger partial charge in [-0.25, -0.2) is 0 Å². The molecule has 1 saturated heterocycles. The van der Waals surface area contributed by atoms with Crippen LogP contribution in [-0.4, -0.2) is 59.4 Å². The summed E-state index contributed by atoms with van der Waals surface area (Å²) in [5.41, 5.74) is 0.0330. The number of phenols is 1. The number of nitrogens with zero attached hydrogens (tertiary/aromatic N) is 1. The third-order valence-electron chi connectivity index (χ3n) is 5.28. The zero-order chi connectivity index (χ0) is 21.0. The van der Waals surface area contributed by atoms with Crippen LogP contribution in [0.5, 0.6) is 5.75 Å². The second kappa shape index (κ2) is 8.45. The Morgan fingerprint density at radius 2 is 1.93 bits per heavy atom. The molecular formula is C22H24N2O5. The standard InChI is InChI=1S/C22H24N2O5/c1-22(14-29-13-19(22)26)24(2)21(28)18(12-15-7-6-10-17(25)11-15)23-20(27)16-8-4-3-5-9-16/h3-11,18,25H,12-14H2,1-2H3,(H,23,27). The molecule has 7 nitrogen and oxygen atoms in total. The van der Waals surface area contributed by atoms with Crippen LogP contribution in [0.2, 0.25) is 0 Å². The van der Waals surface area contributed by atoms with E-state index in [9.17, 15) is 19.5 Å². The second-order valence-electron chi connectivity index (χ2n) is 7.35. The first-order valence-electron chi connectivity index (χ1n) is 9.34. The van der Waals surface area contributed by atoms with Gasteiger partial charge in [-0.2, -0.15) is 0 Å². The molecular weight excluding hydrogens is 372 g/mol. The van der Waals surface area contributed by atoms with E-state index in [2.05, 4.69) is 5.32 Å². The lowest BCUT2D eigenvalue weighted by atomic mass is 9.95. The molecule has 2 amide bonds. The van der Waals surface area contributed by atoms with Crippen LogP contribution in [0.15, 0.2) is 54.6 Å². The molecule has 0 aliphatic carbocycles. The van der Waals surface area contributed by atoms with Gasteiger partial charge in [0.15, 0.2) is 5.78 Å². The number of benzene rings is 2. The molecule has 0 radical (unpaired) electrons. The fraction of sp³-hybridized carbons (Fsp3) is 0.318. The molecule has 29 heavy (non-hydrogen) atoms. The van der Waals surface area contributed by atoms with E-state index in [1.54, 1.807) is 62.5 Å². The molecule has 0 bridgehead atoms. The number of Topliss-reactive ketones (excluding diaryl/α,β-unsaturated/α-hetero) is 1. The zero-order valence-corrected chi connectivity index (χ0v) is 16.4. The summed E-state index contributed by atoms with van der Waals surface area (Å²) in [6, 6.07) is 14.2. The number of rotatable bonds is 6. The van der Waals surface area contributed by atoms with E-state index in [1.807, 2.05) is 0 Å². The van der Waals surface area contributed by atoms with Gasteiger partial charge in [-0.05, 0) is 36.8 Å². The van der Waals surface area contributed by atoms with E-state index < -0.39 is 23.4 Å². The average molecular weight is 396 g/mol. The quantitative estimate of drug-likeness (QED) is 0.772. The summed E-state index contributed by atoms with van der Waals surface area (Å²) in [6.07, 6.45) is 0.168. The summed E-state index contributed by atoms with van der Waals surface area (Å²) in [4.78, 5) is 39.6. The minimum Gasteiger partial charge on any atom is -0.508 e. The lowest BCUT2D eigenvalue weighted by Crippen LogP contribution is -2.58. The highest BCUT2D eigenvalue weighted by atomic mass is 16.5. The Morgan fingerprint density at radius 3 is 2.55 bits per heavy atom. The van der Waals surface area contributed by atoms with E-state index in [-0.39, 0.29) is 31.2 Å². The minimum atomic E-state index is -1.08. The summed E-state index contributed by atoms with van der Waals surface area (Å²) in [6.45, 7) is 1.73. The Labute approximate surface area is 169 Å². The number of hydrogen-bond donors (Lipinski definition) is 2. The van der Waals surface area contributed by atoms with Crippen LogP contribution >= 0.6 is 0 Å². The van der Waals surface area contributed by atoms with Crippen molar-refractivity contribution >= 4 is 17.6 Å². The lowest BCUT2D eigenvalue weighted by molar-refractivity contribution is -0.142. The van der Waals surface area contributed by atoms with Gasteiger partial charge < -0.3 is 20.1 Å². The monoisotopic (exact) mass is 396 g/mol. The molecule has 7 heteroatoms. The lowest BCUT2D eigenvalue weighted by Gasteiger charge is -2.35. The number of aromatic hydroxyl groups is 1. The number of carbonyl (C=O) groups excluding carboxylic acids is 3. The molecule has 1 heterocycles. The van der Waals surface area contributed by atoms with Gasteiger partial charge in [0.1, 0.15) is 23.9 Å². The molecule has 0 saturated carbocycles. The predicted octanol–water partition coefficient (Wildman–Crippen LogP) is 1.55. The van der Waals surface area contributed by atoms with Crippen molar-refractivity contribution in [2.45, 2.75) is 24.9 Å². The number of phenolic OH excluding ortho intramolecular Hbond substituents is 1. The minimum absolute atomic E-state index is 0.0400. The highest BCUT2D eigenvalue weighted by Gasteiger charge is 2.45.